The monoisotopic (exact) mass is 278 g/mol. The van der Waals surface area contributed by atoms with E-state index in [0.717, 1.165) is 6.54 Å². The predicted octanol–water partition coefficient (Wildman–Crippen LogP) is 5.36. The molecule has 0 heterocycles. The molecule has 0 aliphatic rings. The molecule has 0 spiro atoms. The first-order chi connectivity index (χ1) is 9.81. The Bertz CT molecular complexity index is 253. The third-order valence-corrected chi connectivity index (χ3v) is 3.70. The maximum absolute atomic E-state index is 8.55. The zero-order valence-corrected chi connectivity index (χ0v) is 13.6. The molecule has 0 amide bonds. The zero-order chi connectivity index (χ0) is 14.9. The first-order valence-electron chi connectivity index (χ1n) is 8.59. The Morgan fingerprint density at radius 2 is 1.30 bits per heavy atom. The Kier molecular flexibility index (Phi) is 15.6. The van der Waals surface area contributed by atoms with Gasteiger partial charge in [0, 0.05) is 12.1 Å². The van der Waals surface area contributed by atoms with Gasteiger partial charge in [0.15, 0.2) is 0 Å². The zero-order valence-electron chi connectivity index (χ0n) is 13.6. The van der Waals surface area contributed by atoms with Crippen LogP contribution in [0.1, 0.15) is 84.0 Å². The van der Waals surface area contributed by atoms with Crippen LogP contribution in [0.3, 0.4) is 0 Å². The summed E-state index contributed by atoms with van der Waals surface area (Å²) in [5, 5.41) is 11.8. The second-order valence-electron chi connectivity index (χ2n) is 5.78. The van der Waals surface area contributed by atoms with E-state index in [1.54, 1.807) is 0 Å². The summed E-state index contributed by atoms with van der Waals surface area (Å²) in [6, 6.07) is 2.05. The average molecular weight is 278 g/mol. The molecular formula is C18H34N2. The molecule has 0 saturated carbocycles. The lowest BCUT2D eigenvalue weighted by atomic mass is 10.1. The van der Waals surface area contributed by atoms with Crippen LogP contribution in [-0.2, 0) is 0 Å². The van der Waals surface area contributed by atoms with E-state index in [2.05, 4.69) is 24.9 Å². The van der Waals surface area contributed by atoms with Gasteiger partial charge < -0.3 is 5.32 Å². The lowest BCUT2D eigenvalue weighted by Crippen LogP contribution is -2.17. The number of nitriles is 1. The summed E-state index contributed by atoms with van der Waals surface area (Å²) in [7, 11) is 0. The van der Waals surface area contributed by atoms with Crippen LogP contribution in [0, 0.1) is 11.3 Å². The number of rotatable bonds is 15. The third kappa shape index (κ3) is 15.2. The van der Waals surface area contributed by atoms with Crippen molar-refractivity contribution < 1.29 is 0 Å². The molecule has 20 heavy (non-hydrogen) atoms. The lowest BCUT2D eigenvalue weighted by Gasteiger charge is -2.04. The topological polar surface area (TPSA) is 35.8 Å². The summed E-state index contributed by atoms with van der Waals surface area (Å²) in [5.41, 5.74) is 0.629. The van der Waals surface area contributed by atoms with E-state index < -0.39 is 0 Å². The molecule has 0 saturated heterocycles. The van der Waals surface area contributed by atoms with Gasteiger partial charge in [0.05, 0.1) is 6.07 Å². The number of nitrogens with one attached hydrogen (secondary N) is 1. The van der Waals surface area contributed by atoms with Crippen molar-refractivity contribution in [3.8, 4) is 6.07 Å². The summed E-state index contributed by atoms with van der Waals surface area (Å²) in [6.07, 6.45) is 16.6. The highest BCUT2D eigenvalue weighted by Crippen LogP contribution is 2.11. The maximum Gasteiger partial charge on any atom is 0.0954 e. The summed E-state index contributed by atoms with van der Waals surface area (Å²) >= 11 is 0. The van der Waals surface area contributed by atoms with Crippen molar-refractivity contribution in [1.82, 2.24) is 5.32 Å². The quantitative estimate of drug-likeness (QED) is 0.323. The Morgan fingerprint density at radius 3 is 1.75 bits per heavy atom. The van der Waals surface area contributed by atoms with Gasteiger partial charge in [0.2, 0.25) is 0 Å². The van der Waals surface area contributed by atoms with Gasteiger partial charge in [-0.2, -0.15) is 5.26 Å². The van der Waals surface area contributed by atoms with E-state index in [-0.39, 0.29) is 0 Å². The van der Waals surface area contributed by atoms with Crippen LogP contribution in [0.5, 0.6) is 0 Å². The van der Waals surface area contributed by atoms with Crippen LogP contribution in [0.15, 0.2) is 12.2 Å². The standard InChI is InChI=1S/C18H34N2/c1-3-4-5-6-7-8-9-10-11-12-13-14-15-20-17-18(2)16-19/h20H,2-15,17H2,1H3. The van der Waals surface area contributed by atoms with E-state index in [0.29, 0.717) is 12.1 Å². The van der Waals surface area contributed by atoms with Crippen LogP contribution >= 0.6 is 0 Å². The van der Waals surface area contributed by atoms with Gasteiger partial charge in [0.1, 0.15) is 0 Å². The van der Waals surface area contributed by atoms with Crippen molar-refractivity contribution in [3.05, 3.63) is 12.2 Å². The van der Waals surface area contributed by atoms with Crippen LogP contribution in [-0.4, -0.2) is 13.1 Å². The normalized spacial score (nSPS) is 10.4. The van der Waals surface area contributed by atoms with Gasteiger partial charge in [-0.1, -0.05) is 84.1 Å². The van der Waals surface area contributed by atoms with Crippen LogP contribution < -0.4 is 5.32 Å². The van der Waals surface area contributed by atoms with Crippen LogP contribution in [0.25, 0.3) is 0 Å². The van der Waals surface area contributed by atoms with Crippen molar-refractivity contribution in [2.75, 3.05) is 13.1 Å². The van der Waals surface area contributed by atoms with Crippen LogP contribution in [0.2, 0.25) is 0 Å². The molecule has 2 heteroatoms. The largest absolute Gasteiger partial charge is 0.312 e. The van der Waals surface area contributed by atoms with Crippen molar-refractivity contribution in [2.24, 2.45) is 0 Å². The Labute approximate surface area is 126 Å². The van der Waals surface area contributed by atoms with Gasteiger partial charge in [-0.3, -0.25) is 0 Å². The fraction of sp³-hybridized carbons (Fsp3) is 0.833. The maximum atomic E-state index is 8.55. The molecule has 0 radical (unpaired) electrons. The molecule has 0 bridgehead atoms. The molecule has 0 rings (SSSR count). The second kappa shape index (κ2) is 16.2. The fourth-order valence-electron chi connectivity index (χ4n) is 2.37. The molecule has 0 aromatic rings. The fourth-order valence-corrected chi connectivity index (χ4v) is 2.37. The van der Waals surface area contributed by atoms with Crippen molar-refractivity contribution in [3.63, 3.8) is 0 Å². The first kappa shape index (κ1) is 19.2. The number of hydrogen-bond donors (Lipinski definition) is 1. The lowest BCUT2D eigenvalue weighted by molar-refractivity contribution is 0.538. The molecule has 0 aromatic heterocycles. The van der Waals surface area contributed by atoms with Crippen molar-refractivity contribution in [1.29, 1.82) is 5.26 Å². The minimum atomic E-state index is 0.629. The molecule has 0 unspecified atom stereocenters. The average Bonchev–Trinajstić information content (AvgIpc) is 2.47. The van der Waals surface area contributed by atoms with Gasteiger partial charge >= 0.3 is 0 Å². The minimum absolute atomic E-state index is 0.629. The van der Waals surface area contributed by atoms with E-state index in [4.69, 9.17) is 5.26 Å². The van der Waals surface area contributed by atoms with Gasteiger partial charge in [0.25, 0.3) is 0 Å². The number of unbranched alkanes of at least 4 members (excludes halogenated alkanes) is 11. The number of nitrogens with zero attached hydrogens (tertiary/aromatic N) is 1. The molecule has 0 aliphatic heterocycles. The Morgan fingerprint density at radius 1 is 0.850 bits per heavy atom. The molecule has 0 atom stereocenters. The summed E-state index contributed by atoms with van der Waals surface area (Å²) in [5.74, 6) is 0. The SMILES string of the molecule is C=C(C#N)CNCCCCCCCCCCCCCC. The Hall–Kier alpha value is -0.810. The minimum Gasteiger partial charge on any atom is -0.312 e. The van der Waals surface area contributed by atoms with Crippen LogP contribution in [0.4, 0.5) is 0 Å². The summed E-state index contributed by atoms with van der Waals surface area (Å²) in [6.45, 7) is 7.58. The highest BCUT2D eigenvalue weighted by molar-refractivity contribution is 5.17. The molecule has 2 nitrogen and oxygen atoms in total. The highest BCUT2D eigenvalue weighted by Gasteiger charge is 1.94. The van der Waals surface area contributed by atoms with E-state index in [1.165, 1.54) is 77.0 Å². The van der Waals surface area contributed by atoms with E-state index in [1.807, 2.05) is 0 Å². The smallest absolute Gasteiger partial charge is 0.0954 e. The van der Waals surface area contributed by atoms with E-state index in [9.17, 15) is 0 Å². The second-order valence-corrected chi connectivity index (χ2v) is 5.78. The molecule has 1 N–H and O–H groups in total. The van der Waals surface area contributed by atoms with Gasteiger partial charge in [-0.05, 0) is 13.0 Å². The molecule has 0 aromatic carbocycles. The van der Waals surface area contributed by atoms with Gasteiger partial charge in [-0.25, -0.2) is 0 Å². The predicted molar refractivity (Wildman–Crippen MR) is 88.7 cm³/mol. The third-order valence-electron chi connectivity index (χ3n) is 3.70. The molecule has 0 fully saturated rings. The van der Waals surface area contributed by atoms with E-state index >= 15 is 0 Å². The Balaban J connectivity index is 2.99. The van der Waals surface area contributed by atoms with Gasteiger partial charge in [-0.15, -0.1) is 0 Å². The van der Waals surface area contributed by atoms with Crippen molar-refractivity contribution in [2.45, 2.75) is 84.0 Å². The first-order valence-corrected chi connectivity index (χ1v) is 8.59. The highest BCUT2D eigenvalue weighted by atomic mass is 14.8. The summed E-state index contributed by atoms with van der Waals surface area (Å²) < 4.78 is 0. The number of hydrogen-bond acceptors (Lipinski definition) is 2. The molecule has 0 aliphatic carbocycles. The molecule has 116 valence electrons. The van der Waals surface area contributed by atoms with Crippen molar-refractivity contribution >= 4 is 0 Å². The molecular weight excluding hydrogens is 244 g/mol. The summed E-state index contributed by atoms with van der Waals surface area (Å²) in [4.78, 5) is 0.